The van der Waals surface area contributed by atoms with Crippen molar-refractivity contribution in [2.45, 2.75) is 46.1 Å². The Morgan fingerprint density at radius 2 is 1.88 bits per heavy atom. The second kappa shape index (κ2) is 12.7. The SMILES string of the molecule is C/C=C/C(=O)N[C@@H](CCCNC(=N)N[N+](=O)[O-])C(=O)NCCC(C)C. The van der Waals surface area contributed by atoms with Crippen LogP contribution in [-0.2, 0) is 9.59 Å². The van der Waals surface area contributed by atoms with Gasteiger partial charge in [0.15, 0.2) is 5.03 Å². The van der Waals surface area contributed by atoms with E-state index in [9.17, 15) is 19.7 Å². The van der Waals surface area contributed by atoms with Gasteiger partial charge < -0.3 is 16.0 Å². The van der Waals surface area contributed by atoms with Gasteiger partial charge in [-0.05, 0) is 38.2 Å². The van der Waals surface area contributed by atoms with Gasteiger partial charge in [0, 0.05) is 13.1 Å². The molecule has 0 fully saturated rings. The molecule has 0 bridgehead atoms. The number of allylic oxidation sites excluding steroid dienone is 1. The van der Waals surface area contributed by atoms with Crippen LogP contribution in [0.3, 0.4) is 0 Å². The zero-order valence-corrected chi connectivity index (χ0v) is 14.9. The molecule has 0 unspecified atom stereocenters. The predicted octanol–water partition coefficient (Wildman–Crippen LogP) is 0.295. The Bertz CT molecular complexity index is 492. The molecule has 25 heavy (non-hydrogen) atoms. The average Bonchev–Trinajstić information content (AvgIpc) is 2.49. The van der Waals surface area contributed by atoms with Gasteiger partial charge in [0.1, 0.15) is 6.04 Å². The minimum atomic E-state index is -0.836. The molecule has 0 aliphatic heterocycles. The maximum atomic E-state index is 12.2. The monoisotopic (exact) mass is 356 g/mol. The van der Waals surface area contributed by atoms with E-state index in [2.05, 4.69) is 29.8 Å². The minimum Gasteiger partial charge on any atom is -0.354 e. The molecule has 0 aliphatic rings. The third-order valence-electron chi connectivity index (χ3n) is 3.15. The van der Waals surface area contributed by atoms with Gasteiger partial charge in [0.25, 0.3) is 5.96 Å². The van der Waals surface area contributed by atoms with Gasteiger partial charge >= 0.3 is 0 Å². The van der Waals surface area contributed by atoms with E-state index in [1.54, 1.807) is 18.4 Å². The lowest BCUT2D eigenvalue weighted by Crippen LogP contribution is -2.47. The topological polar surface area (TPSA) is 149 Å². The number of carbonyl (C=O) groups excluding carboxylic acids is 2. The second-order valence-corrected chi connectivity index (χ2v) is 5.85. The lowest BCUT2D eigenvalue weighted by Gasteiger charge is -2.18. The molecule has 0 radical (unpaired) electrons. The van der Waals surface area contributed by atoms with Crippen molar-refractivity contribution in [2.75, 3.05) is 13.1 Å². The van der Waals surface area contributed by atoms with Gasteiger partial charge in [-0.2, -0.15) is 0 Å². The highest BCUT2D eigenvalue weighted by Crippen LogP contribution is 2.00. The number of carbonyl (C=O) groups is 2. The Hall–Kier alpha value is -2.65. The van der Waals surface area contributed by atoms with Crippen LogP contribution in [0.25, 0.3) is 0 Å². The Morgan fingerprint density at radius 3 is 2.44 bits per heavy atom. The molecule has 0 spiro atoms. The first kappa shape index (κ1) is 22.4. The molecule has 0 saturated carbocycles. The van der Waals surface area contributed by atoms with Crippen LogP contribution < -0.4 is 21.4 Å². The van der Waals surface area contributed by atoms with Crippen LogP contribution in [0.1, 0.15) is 40.0 Å². The Labute approximate surface area is 147 Å². The van der Waals surface area contributed by atoms with Gasteiger partial charge in [0.2, 0.25) is 11.8 Å². The first-order valence-electron chi connectivity index (χ1n) is 8.20. The Morgan fingerprint density at radius 1 is 1.20 bits per heavy atom. The van der Waals surface area contributed by atoms with Crippen LogP contribution >= 0.6 is 0 Å². The molecular formula is C15H28N6O4. The average molecular weight is 356 g/mol. The van der Waals surface area contributed by atoms with E-state index >= 15 is 0 Å². The molecule has 0 saturated heterocycles. The summed E-state index contributed by atoms with van der Waals surface area (Å²) < 4.78 is 0. The predicted molar refractivity (Wildman–Crippen MR) is 94.3 cm³/mol. The number of hydrogen-bond donors (Lipinski definition) is 5. The van der Waals surface area contributed by atoms with Crippen molar-refractivity contribution in [1.29, 1.82) is 5.41 Å². The molecule has 0 rings (SSSR count). The highest BCUT2D eigenvalue weighted by molar-refractivity contribution is 5.92. The normalized spacial score (nSPS) is 11.8. The number of rotatable bonds is 11. The summed E-state index contributed by atoms with van der Waals surface area (Å²) in [6.45, 7) is 6.60. The van der Waals surface area contributed by atoms with Crippen LogP contribution in [-0.4, -0.2) is 41.9 Å². The molecule has 142 valence electrons. The number of amides is 2. The fourth-order valence-corrected chi connectivity index (χ4v) is 1.90. The van der Waals surface area contributed by atoms with Crippen molar-refractivity contribution < 1.29 is 14.6 Å². The number of hydrogen-bond acceptors (Lipinski definition) is 5. The van der Waals surface area contributed by atoms with E-state index in [1.165, 1.54) is 6.08 Å². The molecule has 2 amide bonds. The lowest BCUT2D eigenvalue weighted by atomic mass is 10.1. The Kier molecular flexibility index (Phi) is 11.4. The summed E-state index contributed by atoms with van der Waals surface area (Å²) >= 11 is 0. The first-order chi connectivity index (χ1) is 11.8. The van der Waals surface area contributed by atoms with E-state index in [1.807, 2.05) is 0 Å². The number of guanidine groups is 1. The number of nitrogens with zero attached hydrogens (tertiary/aromatic N) is 1. The summed E-state index contributed by atoms with van der Waals surface area (Å²) in [4.78, 5) is 34.1. The first-order valence-corrected chi connectivity index (χ1v) is 8.20. The van der Waals surface area contributed by atoms with Crippen LogP contribution in [0.5, 0.6) is 0 Å². The van der Waals surface area contributed by atoms with Crippen molar-refractivity contribution >= 4 is 17.8 Å². The van der Waals surface area contributed by atoms with Crippen molar-refractivity contribution in [3.05, 3.63) is 22.3 Å². The zero-order chi connectivity index (χ0) is 19.2. The zero-order valence-electron chi connectivity index (χ0n) is 14.9. The van der Waals surface area contributed by atoms with E-state index in [-0.39, 0.29) is 18.4 Å². The molecular weight excluding hydrogens is 328 g/mol. The fourth-order valence-electron chi connectivity index (χ4n) is 1.90. The van der Waals surface area contributed by atoms with E-state index < -0.39 is 17.0 Å². The van der Waals surface area contributed by atoms with Crippen LogP contribution in [0.4, 0.5) is 0 Å². The lowest BCUT2D eigenvalue weighted by molar-refractivity contribution is -0.525. The van der Waals surface area contributed by atoms with E-state index in [0.29, 0.717) is 25.3 Å². The molecule has 0 aliphatic carbocycles. The molecule has 0 aromatic heterocycles. The Balaban J connectivity index is 4.42. The van der Waals surface area contributed by atoms with Gasteiger partial charge in [0.05, 0.1) is 0 Å². The fraction of sp³-hybridized carbons (Fsp3) is 0.667. The quantitative estimate of drug-likeness (QED) is 0.0897. The summed E-state index contributed by atoms with van der Waals surface area (Å²) in [6, 6.07) is -0.699. The van der Waals surface area contributed by atoms with Crippen molar-refractivity contribution in [3.63, 3.8) is 0 Å². The van der Waals surface area contributed by atoms with Gasteiger partial charge in [-0.1, -0.05) is 25.3 Å². The van der Waals surface area contributed by atoms with Crippen molar-refractivity contribution in [3.8, 4) is 0 Å². The van der Waals surface area contributed by atoms with Gasteiger partial charge in [-0.3, -0.25) is 15.0 Å². The van der Waals surface area contributed by atoms with Crippen LogP contribution in [0.2, 0.25) is 0 Å². The number of nitro groups is 1. The van der Waals surface area contributed by atoms with E-state index in [4.69, 9.17) is 5.41 Å². The molecule has 0 aromatic carbocycles. The van der Waals surface area contributed by atoms with Crippen LogP contribution in [0, 0.1) is 21.4 Å². The summed E-state index contributed by atoms with van der Waals surface area (Å²) in [7, 11) is 0. The molecule has 0 aromatic rings. The number of hydrazine groups is 1. The van der Waals surface area contributed by atoms with Crippen LogP contribution in [0.15, 0.2) is 12.2 Å². The molecule has 1 atom stereocenters. The third kappa shape index (κ3) is 12.4. The van der Waals surface area contributed by atoms with Gasteiger partial charge in [-0.25, -0.2) is 10.1 Å². The molecule has 10 heteroatoms. The maximum Gasteiger partial charge on any atom is 0.251 e. The highest BCUT2D eigenvalue weighted by atomic mass is 16.7. The minimum absolute atomic E-state index is 0.259. The number of nitrogens with one attached hydrogen (secondary N) is 5. The second-order valence-electron chi connectivity index (χ2n) is 5.85. The molecule has 10 nitrogen and oxygen atoms in total. The summed E-state index contributed by atoms with van der Waals surface area (Å²) in [5.74, 6) is -0.596. The molecule has 0 heterocycles. The largest absolute Gasteiger partial charge is 0.354 e. The van der Waals surface area contributed by atoms with Gasteiger partial charge in [-0.15, -0.1) is 0 Å². The van der Waals surface area contributed by atoms with Crippen molar-refractivity contribution in [2.24, 2.45) is 5.92 Å². The third-order valence-corrected chi connectivity index (χ3v) is 3.15. The van der Waals surface area contributed by atoms with E-state index in [0.717, 1.165) is 6.42 Å². The summed E-state index contributed by atoms with van der Waals surface area (Å²) in [6.07, 6.45) is 4.54. The summed E-state index contributed by atoms with van der Waals surface area (Å²) in [5.41, 5.74) is 1.68. The van der Waals surface area contributed by atoms with Crippen molar-refractivity contribution in [1.82, 2.24) is 21.4 Å². The summed E-state index contributed by atoms with van der Waals surface area (Å²) in [5, 5.41) is 24.6. The standard InChI is InChI=1S/C15H28N6O4/c1-4-6-13(22)19-12(14(23)17-10-8-11(2)3)7-5-9-18-15(16)20-21(24)25/h4,6,11-12H,5,7-10H2,1-3H3,(H,17,23)(H,19,22)(H3,16,18,20)/b6-4+/t12-/m0/s1. The maximum absolute atomic E-state index is 12.2. The molecule has 5 N–H and O–H groups in total. The smallest absolute Gasteiger partial charge is 0.251 e. The highest BCUT2D eigenvalue weighted by Gasteiger charge is 2.19.